The van der Waals surface area contributed by atoms with E-state index in [2.05, 4.69) is 20.0 Å². The number of benzene rings is 1. The highest BCUT2D eigenvalue weighted by molar-refractivity contribution is 5.77. The first-order valence-electron chi connectivity index (χ1n) is 6.78. The molecule has 8 heteroatoms. The Labute approximate surface area is 130 Å². The number of hydrogen-bond donors (Lipinski definition) is 1. The summed E-state index contributed by atoms with van der Waals surface area (Å²) < 4.78 is 41.4. The Balaban J connectivity index is 1.99. The largest absolute Gasteiger partial charge is 0.471 e. The maximum atomic E-state index is 12.4. The number of amides is 1. The predicted octanol–water partition coefficient (Wildman–Crippen LogP) is 3.34. The summed E-state index contributed by atoms with van der Waals surface area (Å²) in [6, 6.07) is 6.49. The standard InChI is InChI=1S/C15H14F3N3O2/c1-2-3-4-12(22)19-9-10-5-7-11(8-6-10)13-20-14(23-21-13)15(16,17)18/h2-3,5-8H,4,9H2,1H3,(H,19,22). The molecule has 2 aromatic rings. The van der Waals surface area contributed by atoms with Crippen LogP contribution in [0.3, 0.4) is 0 Å². The van der Waals surface area contributed by atoms with Gasteiger partial charge in [-0.15, -0.1) is 0 Å². The topological polar surface area (TPSA) is 68.0 Å². The first-order chi connectivity index (χ1) is 10.9. The minimum atomic E-state index is -4.66. The molecule has 23 heavy (non-hydrogen) atoms. The van der Waals surface area contributed by atoms with Crippen molar-refractivity contribution in [2.75, 3.05) is 0 Å². The Hall–Kier alpha value is -2.64. The summed E-state index contributed by atoms with van der Waals surface area (Å²) in [7, 11) is 0. The van der Waals surface area contributed by atoms with Crippen molar-refractivity contribution in [1.82, 2.24) is 15.5 Å². The van der Waals surface area contributed by atoms with Gasteiger partial charge in [0.25, 0.3) is 0 Å². The molecular formula is C15H14F3N3O2. The highest BCUT2D eigenvalue weighted by Gasteiger charge is 2.38. The maximum Gasteiger partial charge on any atom is 0.471 e. The maximum absolute atomic E-state index is 12.4. The SMILES string of the molecule is CC=CCC(=O)NCc1ccc(-c2noc(C(F)(F)F)n2)cc1. The van der Waals surface area contributed by atoms with Crippen LogP contribution >= 0.6 is 0 Å². The first-order valence-corrected chi connectivity index (χ1v) is 6.78. The molecule has 0 aliphatic carbocycles. The molecular weight excluding hydrogens is 311 g/mol. The lowest BCUT2D eigenvalue weighted by atomic mass is 10.1. The van der Waals surface area contributed by atoms with Crippen molar-refractivity contribution >= 4 is 5.91 Å². The Kier molecular flexibility index (Phi) is 5.15. The first kappa shape index (κ1) is 16.7. The number of allylic oxidation sites excluding steroid dienone is 1. The van der Waals surface area contributed by atoms with Gasteiger partial charge in [0.05, 0.1) is 0 Å². The van der Waals surface area contributed by atoms with Crippen molar-refractivity contribution in [2.24, 2.45) is 0 Å². The monoisotopic (exact) mass is 325 g/mol. The molecule has 0 fully saturated rings. The molecule has 0 atom stereocenters. The van der Waals surface area contributed by atoms with Gasteiger partial charge >= 0.3 is 12.1 Å². The van der Waals surface area contributed by atoms with Crippen LogP contribution in [0.2, 0.25) is 0 Å². The fourth-order valence-corrected chi connectivity index (χ4v) is 1.73. The van der Waals surface area contributed by atoms with Crippen LogP contribution in [0.25, 0.3) is 11.4 Å². The van der Waals surface area contributed by atoms with E-state index < -0.39 is 12.1 Å². The molecule has 1 N–H and O–H groups in total. The number of nitrogens with one attached hydrogen (secondary N) is 1. The van der Waals surface area contributed by atoms with Crippen molar-refractivity contribution in [3.8, 4) is 11.4 Å². The number of hydrogen-bond acceptors (Lipinski definition) is 4. The molecule has 0 aliphatic rings. The summed E-state index contributed by atoms with van der Waals surface area (Å²) >= 11 is 0. The molecule has 0 saturated carbocycles. The molecule has 1 aromatic heterocycles. The third-order valence-electron chi connectivity index (χ3n) is 2.91. The fraction of sp³-hybridized carbons (Fsp3) is 0.267. The molecule has 122 valence electrons. The van der Waals surface area contributed by atoms with E-state index in [4.69, 9.17) is 0 Å². The van der Waals surface area contributed by atoms with Crippen molar-refractivity contribution in [2.45, 2.75) is 26.1 Å². The van der Waals surface area contributed by atoms with Crippen LogP contribution in [0.5, 0.6) is 0 Å². The quantitative estimate of drug-likeness (QED) is 0.856. The molecule has 0 unspecified atom stereocenters. The van der Waals surface area contributed by atoms with Crippen LogP contribution in [-0.2, 0) is 17.5 Å². The van der Waals surface area contributed by atoms with Crippen LogP contribution in [0, 0.1) is 0 Å². The molecule has 0 radical (unpaired) electrons. The number of carbonyl (C=O) groups excluding carboxylic acids is 1. The number of carbonyl (C=O) groups is 1. The minimum absolute atomic E-state index is 0.111. The highest BCUT2D eigenvalue weighted by Crippen LogP contribution is 2.29. The lowest BCUT2D eigenvalue weighted by Crippen LogP contribution is -2.21. The van der Waals surface area contributed by atoms with Crippen LogP contribution in [0.4, 0.5) is 13.2 Å². The molecule has 0 aliphatic heterocycles. The van der Waals surface area contributed by atoms with Crippen molar-refractivity contribution in [1.29, 1.82) is 0 Å². The van der Waals surface area contributed by atoms with E-state index in [9.17, 15) is 18.0 Å². The van der Waals surface area contributed by atoms with E-state index in [-0.39, 0.29) is 11.7 Å². The van der Waals surface area contributed by atoms with E-state index in [1.54, 1.807) is 36.4 Å². The third-order valence-corrected chi connectivity index (χ3v) is 2.91. The molecule has 1 heterocycles. The second-order valence-electron chi connectivity index (χ2n) is 4.67. The van der Waals surface area contributed by atoms with Crippen LogP contribution in [0.15, 0.2) is 40.9 Å². The number of rotatable bonds is 5. The van der Waals surface area contributed by atoms with E-state index >= 15 is 0 Å². The molecule has 1 aromatic carbocycles. The molecule has 2 rings (SSSR count). The zero-order chi connectivity index (χ0) is 16.9. The van der Waals surface area contributed by atoms with E-state index in [1.165, 1.54) is 0 Å². The van der Waals surface area contributed by atoms with Crippen LogP contribution in [0.1, 0.15) is 24.8 Å². The highest BCUT2D eigenvalue weighted by atomic mass is 19.4. The summed E-state index contributed by atoms with van der Waals surface area (Å²) in [5, 5.41) is 6.04. The van der Waals surface area contributed by atoms with Crippen LogP contribution in [-0.4, -0.2) is 16.0 Å². The number of halogens is 3. The summed E-state index contributed by atoms with van der Waals surface area (Å²) in [5.74, 6) is -1.63. The van der Waals surface area contributed by atoms with Gasteiger partial charge in [-0.05, 0) is 12.5 Å². The van der Waals surface area contributed by atoms with E-state index in [0.717, 1.165) is 5.56 Å². The third kappa shape index (κ3) is 4.67. The van der Waals surface area contributed by atoms with Crippen molar-refractivity contribution < 1.29 is 22.5 Å². The van der Waals surface area contributed by atoms with Gasteiger partial charge in [0.2, 0.25) is 11.7 Å². The molecule has 5 nitrogen and oxygen atoms in total. The summed E-state index contributed by atoms with van der Waals surface area (Å²) in [5.41, 5.74) is 1.20. The Bertz CT molecular complexity index is 691. The molecule has 0 bridgehead atoms. The van der Waals surface area contributed by atoms with Gasteiger partial charge < -0.3 is 9.84 Å². The average molecular weight is 325 g/mol. The minimum Gasteiger partial charge on any atom is -0.352 e. The van der Waals surface area contributed by atoms with Crippen molar-refractivity contribution in [3.63, 3.8) is 0 Å². The van der Waals surface area contributed by atoms with Gasteiger partial charge in [0.15, 0.2) is 0 Å². The zero-order valence-electron chi connectivity index (χ0n) is 12.2. The second-order valence-corrected chi connectivity index (χ2v) is 4.67. The normalized spacial score (nSPS) is 11.8. The summed E-state index contributed by atoms with van der Waals surface area (Å²) in [6.07, 6.45) is -0.832. The van der Waals surface area contributed by atoms with Gasteiger partial charge in [-0.3, -0.25) is 4.79 Å². The Morgan fingerprint density at radius 1 is 1.30 bits per heavy atom. The number of alkyl halides is 3. The Morgan fingerprint density at radius 3 is 2.57 bits per heavy atom. The molecule has 1 amide bonds. The van der Waals surface area contributed by atoms with Crippen molar-refractivity contribution in [3.05, 3.63) is 47.9 Å². The predicted molar refractivity (Wildman–Crippen MR) is 76.0 cm³/mol. The van der Waals surface area contributed by atoms with Gasteiger partial charge in [-0.2, -0.15) is 18.2 Å². The van der Waals surface area contributed by atoms with E-state index in [1.807, 2.05) is 6.92 Å². The summed E-state index contributed by atoms with van der Waals surface area (Å²) in [6.45, 7) is 2.16. The fourth-order valence-electron chi connectivity index (χ4n) is 1.73. The smallest absolute Gasteiger partial charge is 0.352 e. The van der Waals surface area contributed by atoms with Gasteiger partial charge in [0, 0.05) is 18.5 Å². The van der Waals surface area contributed by atoms with E-state index in [0.29, 0.717) is 18.5 Å². The van der Waals surface area contributed by atoms with Gasteiger partial charge in [-0.25, -0.2) is 0 Å². The number of aromatic nitrogens is 2. The lowest BCUT2D eigenvalue weighted by molar-refractivity contribution is -0.159. The lowest BCUT2D eigenvalue weighted by Gasteiger charge is -2.04. The molecule has 0 saturated heterocycles. The second kappa shape index (κ2) is 7.08. The number of nitrogens with zero attached hydrogens (tertiary/aromatic N) is 2. The van der Waals surface area contributed by atoms with Gasteiger partial charge in [0.1, 0.15) is 0 Å². The average Bonchev–Trinajstić information content (AvgIpc) is 3.01. The van der Waals surface area contributed by atoms with Gasteiger partial charge in [-0.1, -0.05) is 41.6 Å². The Morgan fingerprint density at radius 2 is 2.00 bits per heavy atom. The zero-order valence-corrected chi connectivity index (χ0v) is 12.2. The molecule has 0 spiro atoms. The summed E-state index contributed by atoms with van der Waals surface area (Å²) in [4.78, 5) is 14.8. The van der Waals surface area contributed by atoms with Crippen LogP contribution < -0.4 is 5.32 Å².